The van der Waals surface area contributed by atoms with E-state index in [1.54, 1.807) is 5.92 Å². The van der Waals surface area contributed by atoms with Crippen LogP contribution in [-0.2, 0) is 0 Å². The zero-order valence-corrected chi connectivity index (χ0v) is 21.1. The summed E-state index contributed by atoms with van der Waals surface area (Å²) < 4.78 is 0. The lowest BCUT2D eigenvalue weighted by atomic mass is 9.81. The molecule has 0 unspecified atom stereocenters. The minimum atomic E-state index is 0.444. The first kappa shape index (κ1) is 23.2. The third-order valence-corrected chi connectivity index (χ3v) is 7.53. The van der Waals surface area contributed by atoms with Crippen molar-refractivity contribution in [1.29, 1.82) is 0 Å². The highest BCUT2D eigenvalue weighted by molar-refractivity contribution is 5.94. The van der Waals surface area contributed by atoms with Crippen LogP contribution in [0.25, 0.3) is 33.4 Å². The van der Waals surface area contributed by atoms with Gasteiger partial charge in [-0.15, -0.1) is 0 Å². The molecule has 0 atom stereocenters. The molecule has 0 heterocycles. The van der Waals surface area contributed by atoms with E-state index in [2.05, 4.69) is 139 Å². The summed E-state index contributed by atoms with van der Waals surface area (Å²) in [5, 5.41) is 4.05. The van der Waals surface area contributed by atoms with Gasteiger partial charge in [0.25, 0.3) is 0 Å². The van der Waals surface area contributed by atoms with Crippen LogP contribution >= 0.6 is 0 Å². The van der Waals surface area contributed by atoms with Gasteiger partial charge in [-0.3, -0.25) is 0 Å². The van der Waals surface area contributed by atoms with Crippen LogP contribution in [0, 0.1) is 5.92 Å². The predicted octanol–water partition coefficient (Wildman–Crippen LogP) is 9.66. The summed E-state index contributed by atoms with van der Waals surface area (Å²) in [5.41, 5.74) is 10.1. The SMILES string of the molecule is c1ccc(-c2cc(-c3ccccc3)c(NC3CC[C+](c4ccccc4)CC3)c(-c3ccccc3)c2)cc1. The van der Waals surface area contributed by atoms with Gasteiger partial charge in [-0.2, -0.15) is 0 Å². The lowest BCUT2D eigenvalue weighted by Crippen LogP contribution is -2.26. The first-order chi connectivity index (χ1) is 18.3. The smallest absolute Gasteiger partial charge is 0.132 e. The molecule has 1 fully saturated rings. The van der Waals surface area contributed by atoms with Crippen molar-refractivity contribution >= 4 is 5.69 Å². The van der Waals surface area contributed by atoms with Gasteiger partial charge in [-0.05, 0) is 65.4 Å². The highest BCUT2D eigenvalue weighted by atomic mass is 14.9. The maximum Gasteiger partial charge on any atom is 0.132 e. The van der Waals surface area contributed by atoms with E-state index in [-0.39, 0.29) is 0 Å². The molecular formula is C36H32N+. The minimum Gasteiger partial charge on any atom is -0.381 e. The Morgan fingerprint density at radius 3 is 1.41 bits per heavy atom. The van der Waals surface area contributed by atoms with Gasteiger partial charge in [0, 0.05) is 48.1 Å². The average Bonchev–Trinajstić information content (AvgIpc) is 2.99. The Bertz CT molecular complexity index is 1360. The number of hydrogen-bond donors (Lipinski definition) is 1. The first-order valence-electron chi connectivity index (χ1n) is 13.4. The second-order valence-electron chi connectivity index (χ2n) is 9.93. The largest absolute Gasteiger partial charge is 0.381 e. The summed E-state index contributed by atoms with van der Waals surface area (Å²) in [7, 11) is 0. The van der Waals surface area contributed by atoms with Gasteiger partial charge in [0.15, 0.2) is 0 Å². The molecule has 1 heteroatoms. The van der Waals surface area contributed by atoms with Crippen LogP contribution in [0.2, 0.25) is 0 Å². The highest BCUT2D eigenvalue weighted by Gasteiger charge is 2.28. The van der Waals surface area contributed by atoms with E-state index in [0.29, 0.717) is 6.04 Å². The molecule has 0 bridgehead atoms. The Morgan fingerprint density at radius 1 is 0.486 bits per heavy atom. The average molecular weight is 479 g/mol. The zero-order chi connectivity index (χ0) is 24.9. The number of rotatable bonds is 6. The number of nitrogens with one attached hydrogen (secondary N) is 1. The molecule has 1 nitrogen and oxygen atoms in total. The number of benzene rings is 5. The molecule has 5 aromatic rings. The van der Waals surface area contributed by atoms with E-state index in [4.69, 9.17) is 0 Å². The molecule has 0 amide bonds. The fourth-order valence-corrected chi connectivity index (χ4v) is 5.56. The van der Waals surface area contributed by atoms with Crippen LogP contribution in [0.15, 0.2) is 133 Å². The van der Waals surface area contributed by atoms with Crippen LogP contribution in [0.4, 0.5) is 5.69 Å². The van der Waals surface area contributed by atoms with Crippen LogP contribution in [0.3, 0.4) is 0 Å². The molecule has 1 saturated carbocycles. The Labute approximate surface area is 220 Å². The Balaban J connectivity index is 1.41. The Morgan fingerprint density at radius 2 is 0.919 bits per heavy atom. The van der Waals surface area contributed by atoms with Crippen molar-refractivity contribution in [3.63, 3.8) is 0 Å². The molecule has 5 aromatic carbocycles. The van der Waals surface area contributed by atoms with E-state index in [9.17, 15) is 0 Å². The molecule has 0 saturated heterocycles. The second-order valence-corrected chi connectivity index (χ2v) is 9.93. The van der Waals surface area contributed by atoms with Gasteiger partial charge in [0.2, 0.25) is 0 Å². The van der Waals surface area contributed by atoms with E-state index in [0.717, 1.165) is 25.7 Å². The summed E-state index contributed by atoms with van der Waals surface area (Å²) in [5.74, 6) is 1.59. The summed E-state index contributed by atoms with van der Waals surface area (Å²) in [4.78, 5) is 0. The summed E-state index contributed by atoms with van der Waals surface area (Å²) >= 11 is 0. The molecule has 37 heavy (non-hydrogen) atoms. The quantitative estimate of drug-likeness (QED) is 0.240. The maximum absolute atomic E-state index is 4.05. The van der Waals surface area contributed by atoms with Crippen LogP contribution in [0.1, 0.15) is 31.2 Å². The standard InChI is InChI=1S/C36H32N/c1-5-13-27(14-6-1)29-21-23-33(24-22-29)37-36-34(30-17-9-3-10-18-30)25-32(28-15-7-2-8-16-28)26-35(36)31-19-11-4-12-20-31/h1-20,25-26,33,37H,21-24H2/q+1. The number of hydrogen-bond acceptors (Lipinski definition) is 1. The van der Waals surface area contributed by atoms with Gasteiger partial charge in [0.05, 0.1) is 5.69 Å². The normalized spacial score (nSPS) is 13.9. The van der Waals surface area contributed by atoms with Crippen molar-refractivity contribution in [2.75, 3.05) is 5.32 Å². The monoisotopic (exact) mass is 478 g/mol. The van der Waals surface area contributed by atoms with Crippen molar-refractivity contribution in [3.8, 4) is 33.4 Å². The van der Waals surface area contributed by atoms with Gasteiger partial charge in [0.1, 0.15) is 5.56 Å². The molecule has 6 rings (SSSR count). The predicted molar refractivity (Wildman–Crippen MR) is 157 cm³/mol. The highest BCUT2D eigenvalue weighted by Crippen LogP contribution is 2.43. The van der Waals surface area contributed by atoms with Crippen LogP contribution in [-0.4, -0.2) is 6.04 Å². The van der Waals surface area contributed by atoms with E-state index >= 15 is 0 Å². The molecule has 1 aliphatic carbocycles. The van der Waals surface area contributed by atoms with Crippen molar-refractivity contribution < 1.29 is 0 Å². The topological polar surface area (TPSA) is 12.0 Å². The van der Waals surface area contributed by atoms with E-state index < -0.39 is 0 Å². The fourth-order valence-electron chi connectivity index (χ4n) is 5.56. The Kier molecular flexibility index (Phi) is 6.77. The van der Waals surface area contributed by atoms with Gasteiger partial charge < -0.3 is 5.32 Å². The minimum absolute atomic E-state index is 0.444. The maximum atomic E-state index is 4.05. The lowest BCUT2D eigenvalue weighted by molar-refractivity contribution is 0.502. The zero-order valence-electron chi connectivity index (χ0n) is 21.1. The van der Waals surface area contributed by atoms with Crippen molar-refractivity contribution in [2.45, 2.75) is 31.7 Å². The lowest BCUT2D eigenvalue weighted by Gasteiger charge is -2.29. The van der Waals surface area contributed by atoms with E-state index in [1.807, 2.05) is 0 Å². The summed E-state index contributed by atoms with van der Waals surface area (Å²) in [6, 6.07) is 48.5. The summed E-state index contributed by atoms with van der Waals surface area (Å²) in [6.07, 6.45) is 4.58. The van der Waals surface area contributed by atoms with Gasteiger partial charge in [-0.1, -0.05) is 91.0 Å². The van der Waals surface area contributed by atoms with E-state index in [1.165, 1.54) is 44.6 Å². The third kappa shape index (κ3) is 5.17. The molecule has 180 valence electrons. The Hall–Kier alpha value is -4.23. The van der Waals surface area contributed by atoms with Crippen molar-refractivity contribution in [3.05, 3.63) is 145 Å². The van der Waals surface area contributed by atoms with Gasteiger partial charge in [-0.25, -0.2) is 0 Å². The van der Waals surface area contributed by atoms with Crippen LogP contribution < -0.4 is 5.32 Å². The van der Waals surface area contributed by atoms with Crippen LogP contribution in [0.5, 0.6) is 0 Å². The fraction of sp³-hybridized carbons (Fsp3) is 0.139. The third-order valence-electron chi connectivity index (χ3n) is 7.53. The number of anilines is 1. The first-order valence-corrected chi connectivity index (χ1v) is 13.4. The molecule has 1 N–H and O–H groups in total. The van der Waals surface area contributed by atoms with Crippen molar-refractivity contribution in [1.82, 2.24) is 0 Å². The molecule has 0 aromatic heterocycles. The molecule has 0 spiro atoms. The molecule has 0 radical (unpaired) electrons. The summed E-state index contributed by atoms with van der Waals surface area (Å²) in [6.45, 7) is 0. The second kappa shape index (κ2) is 10.8. The molecule has 1 aliphatic rings. The molecule has 0 aliphatic heterocycles. The molecular weight excluding hydrogens is 446 g/mol. The van der Waals surface area contributed by atoms with Crippen molar-refractivity contribution in [2.24, 2.45) is 0 Å². The van der Waals surface area contributed by atoms with Gasteiger partial charge >= 0.3 is 0 Å².